The van der Waals surface area contributed by atoms with Gasteiger partial charge in [-0.3, -0.25) is 4.68 Å². The number of carbonyl (C=O) groups excluding carboxylic acids is 1. The summed E-state index contributed by atoms with van der Waals surface area (Å²) in [4.78, 5) is 12.2. The van der Waals surface area contributed by atoms with Gasteiger partial charge < -0.3 is 13.9 Å². The molecule has 0 saturated heterocycles. The summed E-state index contributed by atoms with van der Waals surface area (Å²) < 4.78 is 19.2. The normalized spacial score (nSPS) is 11.3. The molecule has 0 N–H and O–H groups in total. The first-order valence-corrected chi connectivity index (χ1v) is 11.8. The van der Waals surface area contributed by atoms with Gasteiger partial charge in [0, 0.05) is 23.8 Å². The number of esters is 1. The molecule has 4 rings (SSSR count). The van der Waals surface area contributed by atoms with Crippen LogP contribution in [0.25, 0.3) is 22.3 Å². The van der Waals surface area contributed by atoms with Gasteiger partial charge in [0.25, 0.3) is 0 Å². The van der Waals surface area contributed by atoms with E-state index in [4.69, 9.17) is 19.0 Å². The van der Waals surface area contributed by atoms with Gasteiger partial charge in [0.1, 0.15) is 11.3 Å². The van der Waals surface area contributed by atoms with Crippen molar-refractivity contribution in [1.82, 2.24) is 9.78 Å². The molecule has 0 aliphatic heterocycles. The van der Waals surface area contributed by atoms with E-state index in [2.05, 4.69) is 45.7 Å². The molecule has 0 unspecified atom stereocenters. The SMILES string of the molecule is CCCCc1cc(COC)nn1Cc1ccc2oc(-c3ccccc3C(=O)OC)c(Br)c2c1. The Bertz CT molecular complexity index is 1270. The van der Waals surface area contributed by atoms with Gasteiger partial charge in [-0.15, -0.1) is 0 Å². The second-order valence-electron chi connectivity index (χ2n) is 7.93. The van der Waals surface area contributed by atoms with Gasteiger partial charge in [-0.2, -0.15) is 5.10 Å². The van der Waals surface area contributed by atoms with Crippen LogP contribution in [0.3, 0.4) is 0 Å². The van der Waals surface area contributed by atoms with Gasteiger partial charge in [-0.05, 0) is 58.6 Å². The smallest absolute Gasteiger partial charge is 0.338 e. The Morgan fingerprint density at radius 1 is 1.15 bits per heavy atom. The third-order valence-electron chi connectivity index (χ3n) is 5.59. The van der Waals surface area contributed by atoms with Crippen molar-refractivity contribution in [3.8, 4) is 11.3 Å². The molecule has 7 heteroatoms. The molecule has 0 atom stereocenters. The molecule has 33 heavy (non-hydrogen) atoms. The Balaban J connectivity index is 1.70. The van der Waals surface area contributed by atoms with Gasteiger partial charge >= 0.3 is 5.97 Å². The van der Waals surface area contributed by atoms with Crippen molar-refractivity contribution in [1.29, 1.82) is 0 Å². The predicted molar refractivity (Wildman–Crippen MR) is 131 cm³/mol. The lowest BCUT2D eigenvalue weighted by molar-refractivity contribution is 0.0601. The zero-order valence-electron chi connectivity index (χ0n) is 19.1. The third-order valence-corrected chi connectivity index (χ3v) is 6.38. The van der Waals surface area contributed by atoms with E-state index in [9.17, 15) is 4.79 Å². The van der Waals surface area contributed by atoms with Crippen LogP contribution in [0.1, 0.15) is 47.1 Å². The fourth-order valence-electron chi connectivity index (χ4n) is 3.96. The maximum atomic E-state index is 12.2. The number of hydrogen-bond donors (Lipinski definition) is 0. The standard InChI is InChI=1S/C26H27BrN2O4/c1-4-5-8-19-14-18(16-31-2)28-29(19)15-17-11-12-23-22(13-17)24(27)25(33-23)20-9-6-7-10-21(20)26(30)32-3/h6-7,9-14H,4-5,8,15-16H2,1-3H3. The molecule has 2 aromatic carbocycles. The molecule has 0 radical (unpaired) electrons. The largest absolute Gasteiger partial charge is 0.465 e. The summed E-state index contributed by atoms with van der Waals surface area (Å²) in [7, 11) is 3.06. The molecule has 0 aliphatic carbocycles. The Morgan fingerprint density at radius 2 is 1.97 bits per heavy atom. The number of halogens is 1. The molecule has 0 amide bonds. The Hall–Kier alpha value is -2.90. The summed E-state index contributed by atoms with van der Waals surface area (Å²) in [6.45, 7) is 3.35. The number of unbranched alkanes of at least 4 members (excludes halogenated alkanes) is 1. The summed E-state index contributed by atoms with van der Waals surface area (Å²) >= 11 is 3.70. The number of aryl methyl sites for hydroxylation is 1. The summed E-state index contributed by atoms with van der Waals surface area (Å²) in [5.74, 6) is 0.206. The van der Waals surface area contributed by atoms with Crippen molar-refractivity contribution in [2.45, 2.75) is 39.3 Å². The minimum Gasteiger partial charge on any atom is -0.465 e. The zero-order valence-corrected chi connectivity index (χ0v) is 20.6. The van der Waals surface area contributed by atoms with E-state index < -0.39 is 5.97 Å². The molecule has 0 fully saturated rings. The van der Waals surface area contributed by atoms with Gasteiger partial charge in [0.15, 0.2) is 0 Å². The highest BCUT2D eigenvalue weighted by atomic mass is 79.9. The average Bonchev–Trinajstić information content (AvgIpc) is 3.37. The van der Waals surface area contributed by atoms with E-state index in [1.54, 1.807) is 13.2 Å². The Labute approximate surface area is 201 Å². The van der Waals surface area contributed by atoms with Crippen molar-refractivity contribution in [3.63, 3.8) is 0 Å². The van der Waals surface area contributed by atoms with E-state index in [-0.39, 0.29) is 0 Å². The van der Waals surface area contributed by atoms with Gasteiger partial charge in [0.05, 0.1) is 36.0 Å². The van der Waals surface area contributed by atoms with Crippen molar-refractivity contribution in [3.05, 3.63) is 75.5 Å². The van der Waals surface area contributed by atoms with Crippen molar-refractivity contribution in [2.75, 3.05) is 14.2 Å². The first-order chi connectivity index (χ1) is 16.0. The van der Waals surface area contributed by atoms with E-state index in [0.29, 0.717) is 30.0 Å². The number of fused-ring (bicyclic) bond motifs is 1. The van der Waals surface area contributed by atoms with Crippen LogP contribution in [-0.4, -0.2) is 30.0 Å². The van der Waals surface area contributed by atoms with Crippen LogP contribution in [0.5, 0.6) is 0 Å². The lowest BCUT2D eigenvalue weighted by Gasteiger charge is -2.07. The number of rotatable bonds is 9. The van der Waals surface area contributed by atoms with Crippen LogP contribution in [-0.2, 0) is 29.0 Å². The number of carbonyl (C=O) groups is 1. The lowest BCUT2D eigenvalue weighted by Crippen LogP contribution is -2.07. The quantitative estimate of drug-likeness (QED) is 0.244. The van der Waals surface area contributed by atoms with E-state index in [1.807, 2.05) is 24.3 Å². The highest BCUT2D eigenvalue weighted by Crippen LogP contribution is 2.39. The number of ether oxygens (including phenoxy) is 2. The molecule has 0 spiro atoms. The fourth-order valence-corrected chi connectivity index (χ4v) is 4.56. The summed E-state index contributed by atoms with van der Waals surface area (Å²) in [6.07, 6.45) is 3.24. The minimum atomic E-state index is -0.399. The van der Waals surface area contributed by atoms with Gasteiger partial charge in [-0.25, -0.2) is 4.79 Å². The monoisotopic (exact) mass is 510 g/mol. The van der Waals surface area contributed by atoms with Crippen LogP contribution in [0.15, 0.2) is 57.4 Å². The molecule has 0 aliphatic rings. The molecule has 2 heterocycles. The van der Waals surface area contributed by atoms with Crippen LogP contribution in [0.4, 0.5) is 0 Å². The van der Waals surface area contributed by atoms with Crippen molar-refractivity contribution >= 4 is 32.9 Å². The van der Waals surface area contributed by atoms with Gasteiger partial charge in [-0.1, -0.05) is 37.6 Å². The Kier molecular flexibility index (Phi) is 7.30. The second-order valence-corrected chi connectivity index (χ2v) is 8.73. The van der Waals surface area contributed by atoms with Crippen molar-refractivity contribution in [2.24, 2.45) is 0 Å². The zero-order chi connectivity index (χ0) is 23.4. The van der Waals surface area contributed by atoms with Crippen molar-refractivity contribution < 1.29 is 18.7 Å². The molecular formula is C26H27BrN2O4. The van der Waals surface area contributed by atoms with Crippen LogP contribution >= 0.6 is 15.9 Å². The maximum Gasteiger partial charge on any atom is 0.338 e. The molecular weight excluding hydrogens is 484 g/mol. The van der Waals surface area contributed by atoms with Gasteiger partial charge in [0.2, 0.25) is 0 Å². The number of nitrogens with zero attached hydrogens (tertiary/aromatic N) is 2. The average molecular weight is 511 g/mol. The molecule has 0 bridgehead atoms. The van der Waals surface area contributed by atoms with E-state index in [0.717, 1.165) is 46.0 Å². The molecule has 6 nitrogen and oxygen atoms in total. The first kappa shape index (κ1) is 23.3. The predicted octanol–water partition coefficient (Wildman–Crippen LogP) is 6.38. The molecule has 172 valence electrons. The topological polar surface area (TPSA) is 66.5 Å². The number of aromatic nitrogens is 2. The van der Waals surface area contributed by atoms with E-state index in [1.165, 1.54) is 12.8 Å². The summed E-state index contributed by atoms with van der Waals surface area (Å²) in [6, 6.07) is 15.5. The second kappa shape index (κ2) is 10.4. The summed E-state index contributed by atoms with van der Waals surface area (Å²) in [5, 5.41) is 5.69. The number of methoxy groups -OCH3 is 2. The first-order valence-electron chi connectivity index (χ1n) is 11.0. The summed E-state index contributed by atoms with van der Waals surface area (Å²) in [5.41, 5.74) is 5.15. The third kappa shape index (κ3) is 4.89. The molecule has 4 aromatic rings. The number of benzene rings is 2. The van der Waals surface area contributed by atoms with Crippen LogP contribution in [0.2, 0.25) is 0 Å². The highest BCUT2D eigenvalue weighted by molar-refractivity contribution is 9.10. The number of hydrogen-bond acceptors (Lipinski definition) is 5. The lowest BCUT2D eigenvalue weighted by atomic mass is 10.0. The van der Waals surface area contributed by atoms with Crippen LogP contribution < -0.4 is 0 Å². The Morgan fingerprint density at radius 3 is 2.73 bits per heavy atom. The highest BCUT2D eigenvalue weighted by Gasteiger charge is 2.20. The molecule has 0 saturated carbocycles. The maximum absolute atomic E-state index is 12.2. The van der Waals surface area contributed by atoms with E-state index >= 15 is 0 Å². The minimum absolute atomic E-state index is 0.399. The fraction of sp³-hybridized carbons (Fsp3) is 0.308. The number of furan rings is 1. The van der Waals surface area contributed by atoms with Crippen LogP contribution in [0, 0.1) is 0 Å². The molecule has 2 aromatic heterocycles.